The van der Waals surface area contributed by atoms with Crippen LogP contribution in [0.15, 0.2) is 48.7 Å². The van der Waals surface area contributed by atoms with Gasteiger partial charge in [-0.25, -0.2) is 0 Å². The molecule has 3 aromatic rings. The molecule has 2 saturated heterocycles. The summed E-state index contributed by atoms with van der Waals surface area (Å²) in [5.74, 6) is 0.134. The fourth-order valence-electron chi connectivity index (χ4n) is 6.35. The van der Waals surface area contributed by atoms with Gasteiger partial charge in [-0.3, -0.25) is 34.3 Å². The zero-order valence-electron chi connectivity index (χ0n) is 22.4. The average Bonchev–Trinajstić information content (AvgIpc) is 3.62. The molecule has 4 aliphatic rings. The van der Waals surface area contributed by atoms with E-state index in [0.717, 1.165) is 48.6 Å². The van der Waals surface area contributed by atoms with E-state index in [0.29, 0.717) is 35.8 Å². The maximum atomic E-state index is 13.2. The fraction of sp³-hybridized carbons (Fsp3) is 0.367. The first kappa shape index (κ1) is 25.8. The summed E-state index contributed by atoms with van der Waals surface area (Å²) in [5.41, 5.74) is 4.48. The van der Waals surface area contributed by atoms with Gasteiger partial charge >= 0.3 is 0 Å². The molecule has 4 aliphatic heterocycles. The number of rotatable bonds is 5. The molecule has 4 amide bonds. The molecule has 210 valence electrons. The predicted molar refractivity (Wildman–Crippen MR) is 151 cm³/mol. The van der Waals surface area contributed by atoms with Gasteiger partial charge in [0.05, 0.1) is 5.56 Å². The quantitative estimate of drug-likeness (QED) is 0.468. The number of nitrogens with one attached hydrogen (secondary N) is 1. The lowest BCUT2D eigenvalue weighted by Gasteiger charge is -2.33. The second-order valence-electron chi connectivity index (χ2n) is 11.1. The molecule has 5 heterocycles. The molecule has 41 heavy (non-hydrogen) atoms. The number of aromatic nitrogens is 1. The monoisotopic (exact) mass is 571 g/mol. The third-order valence-corrected chi connectivity index (χ3v) is 9.34. The summed E-state index contributed by atoms with van der Waals surface area (Å²) in [6.45, 7) is 3.20. The molecule has 0 bridgehead atoms. The van der Waals surface area contributed by atoms with Crippen LogP contribution < -0.4 is 15.0 Å². The normalized spacial score (nSPS) is 21.5. The van der Waals surface area contributed by atoms with E-state index < -0.39 is 6.04 Å². The molecular formula is C30H29N5O5S. The Morgan fingerprint density at radius 1 is 0.951 bits per heavy atom. The number of carbonyl (C=O) groups excluding carboxylic acids is 4. The predicted octanol–water partition coefficient (Wildman–Crippen LogP) is 3.28. The Labute approximate surface area is 241 Å². The molecule has 0 radical (unpaired) electrons. The van der Waals surface area contributed by atoms with Crippen LogP contribution in [0.3, 0.4) is 0 Å². The van der Waals surface area contributed by atoms with Gasteiger partial charge in [-0.05, 0) is 90.8 Å². The molecule has 1 N–H and O–H groups in total. The average molecular weight is 572 g/mol. The highest BCUT2D eigenvalue weighted by Gasteiger charge is 2.39. The smallest absolute Gasteiger partial charge is 0.265 e. The molecule has 1 unspecified atom stereocenters. The first-order valence-corrected chi connectivity index (χ1v) is 14.7. The van der Waals surface area contributed by atoms with Gasteiger partial charge in [0, 0.05) is 31.3 Å². The number of amides is 4. The number of nitrogens with zero attached hydrogens (tertiary/aromatic N) is 4. The minimum atomic E-state index is -0.597. The van der Waals surface area contributed by atoms with E-state index in [1.807, 2.05) is 30.3 Å². The Morgan fingerprint density at radius 2 is 1.80 bits per heavy atom. The zero-order valence-corrected chi connectivity index (χ0v) is 23.2. The maximum absolute atomic E-state index is 13.2. The van der Waals surface area contributed by atoms with Crippen LogP contribution >= 0.6 is 11.5 Å². The van der Waals surface area contributed by atoms with Gasteiger partial charge < -0.3 is 9.64 Å². The Bertz CT molecular complexity index is 1550. The second-order valence-corrected chi connectivity index (χ2v) is 11.9. The summed E-state index contributed by atoms with van der Waals surface area (Å²) in [5, 5.41) is 3.13. The van der Waals surface area contributed by atoms with E-state index in [2.05, 4.69) is 26.7 Å². The van der Waals surface area contributed by atoms with Crippen molar-refractivity contribution in [3.63, 3.8) is 0 Å². The zero-order chi connectivity index (χ0) is 28.1. The first-order valence-electron chi connectivity index (χ1n) is 13.9. The Balaban J connectivity index is 0.982. The minimum Gasteiger partial charge on any atom is -0.472 e. The summed E-state index contributed by atoms with van der Waals surface area (Å²) in [6.07, 6.45) is 4.29. The van der Waals surface area contributed by atoms with E-state index >= 15 is 0 Å². The lowest BCUT2D eigenvalue weighted by Crippen LogP contribution is -2.52. The highest BCUT2D eigenvalue weighted by Crippen LogP contribution is 2.35. The minimum absolute atomic E-state index is 0.0673. The van der Waals surface area contributed by atoms with Gasteiger partial charge in [0.25, 0.3) is 11.8 Å². The summed E-state index contributed by atoms with van der Waals surface area (Å²) in [6, 6.07) is 13.2. The van der Waals surface area contributed by atoms with Gasteiger partial charge in [-0.15, -0.1) is 0 Å². The van der Waals surface area contributed by atoms with Gasteiger partial charge in [-0.1, -0.05) is 18.2 Å². The Hall–Kier alpha value is -4.09. The summed E-state index contributed by atoms with van der Waals surface area (Å²) in [4.78, 5) is 55.7. The van der Waals surface area contributed by atoms with E-state index in [4.69, 9.17) is 4.74 Å². The number of imide groups is 1. The summed E-state index contributed by atoms with van der Waals surface area (Å²) >= 11 is 1.27. The van der Waals surface area contributed by atoms with Crippen molar-refractivity contribution in [3.8, 4) is 5.75 Å². The Kier molecular flexibility index (Phi) is 6.55. The van der Waals surface area contributed by atoms with E-state index in [1.54, 1.807) is 16.0 Å². The van der Waals surface area contributed by atoms with Crippen LogP contribution in [-0.4, -0.2) is 63.7 Å². The molecular weight excluding hydrogens is 542 g/mol. The van der Waals surface area contributed by atoms with Gasteiger partial charge in [0.1, 0.15) is 16.8 Å². The number of ether oxygens (including phenoxy) is 1. The van der Waals surface area contributed by atoms with Crippen molar-refractivity contribution in [2.24, 2.45) is 0 Å². The van der Waals surface area contributed by atoms with Gasteiger partial charge in [-0.2, -0.15) is 4.37 Å². The van der Waals surface area contributed by atoms with Crippen molar-refractivity contribution in [3.05, 3.63) is 76.5 Å². The molecule has 2 fully saturated rings. The van der Waals surface area contributed by atoms with Crippen molar-refractivity contribution in [1.29, 1.82) is 0 Å². The van der Waals surface area contributed by atoms with Crippen LogP contribution in [0, 0.1) is 0 Å². The highest BCUT2D eigenvalue weighted by atomic mass is 32.1. The van der Waals surface area contributed by atoms with Crippen molar-refractivity contribution in [2.75, 3.05) is 24.7 Å². The highest BCUT2D eigenvalue weighted by molar-refractivity contribution is 7.10. The second kappa shape index (κ2) is 10.4. The topological polar surface area (TPSA) is 112 Å². The number of hydrogen-bond donors (Lipinski definition) is 1. The van der Waals surface area contributed by atoms with Gasteiger partial charge in [0.2, 0.25) is 11.8 Å². The number of piperidine rings is 2. The summed E-state index contributed by atoms with van der Waals surface area (Å²) in [7, 11) is 0. The van der Waals surface area contributed by atoms with Crippen LogP contribution in [-0.2, 0) is 22.7 Å². The van der Waals surface area contributed by atoms with Crippen LogP contribution in [0.25, 0.3) is 0 Å². The number of benzene rings is 2. The summed E-state index contributed by atoms with van der Waals surface area (Å²) < 4.78 is 9.94. The maximum Gasteiger partial charge on any atom is 0.265 e. The van der Waals surface area contributed by atoms with Crippen LogP contribution in [0.4, 0.5) is 5.00 Å². The van der Waals surface area contributed by atoms with Crippen molar-refractivity contribution < 1.29 is 23.9 Å². The number of hydrogen-bond acceptors (Lipinski definition) is 8. The van der Waals surface area contributed by atoms with Gasteiger partial charge in [0.15, 0.2) is 6.73 Å². The number of fused-ring (bicyclic) bond motifs is 2. The van der Waals surface area contributed by atoms with Crippen LogP contribution in [0.1, 0.15) is 69.0 Å². The molecule has 7 rings (SSSR count). The first-order chi connectivity index (χ1) is 19.9. The lowest BCUT2D eigenvalue weighted by atomic mass is 9.87. The molecule has 11 heteroatoms. The van der Waals surface area contributed by atoms with Crippen LogP contribution in [0.5, 0.6) is 5.75 Å². The molecule has 0 spiro atoms. The number of likely N-dealkylation sites (tertiary alicyclic amines) is 1. The van der Waals surface area contributed by atoms with Crippen molar-refractivity contribution >= 4 is 40.2 Å². The molecule has 1 aromatic heterocycles. The van der Waals surface area contributed by atoms with E-state index in [-0.39, 0.29) is 36.8 Å². The largest absolute Gasteiger partial charge is 0.472 e. The number of carbonyl (C=O) groups is 4. The SMILES string of the molecule is O=C1CCC(N2Cc3cc(C4CCN(Cc5ccc6c(c5)C(=O)N(c5ccns5)CO6)CC4)ccc3C2=O)C(=O)N1. The lowest BCUT2D eigenvalue weighted by molar-refractivity contribution is -0.136. The third kappa shape index (κ3) is 4.78. The van der Waals surface area contributed by atoms with Crippen LogP contribution in [0.2, 0.25) is 0 Å². The Morgan fingerprint density at radius 3 is 2.59 bits per heavy atom. The van der Waals surface area contributed by atoms with E-state index in [9.17, 15) is 19.2 Å². The third-order valence-electron chi connectivity index (χ3n) is 8.57. The standard InChI is InChI=1S/C30H29N5O5S/c36-26-6-4-24(28(37)32-26)34-16-21-14-20(2-3-22(21)29(34)38)19-8-11-33(12-9-19)15-18-1-5-25-23(13-18)30(39)35(17-40-25)27-7-10-31-41-27/h1-3,5,7,10,13-14,19,24H,4,6,8-9,11-12,15-17H2,(H,32,36,37). The molecule has 1 atom stereocenters. The number of anilines is 1. The molecule has 0 aliphatic carbocycles. The molecule has 10 nitrogen and oxygen atoms in total. The molecule has 0 saturated carbocycles. The van der Waals surface area contributed by atoms with Crippen molar-refractivity contribution in [2.45, 2.75) is 50.7 Å². The fourth-order valence-corrected chi connectivity index (χ4v) is 6.94. The van der Waals surface area contributed by atoms with E-state index in [1.165, 1.54) is 17.1 Å². The van der Waals surface area contributed by atoms with Crippen molar-refractivity contribution in [1.82, 2.24) is 19.5 Å². The molecule has 2 aromatic carbocycles.